The van der Waals surface area contributed by atoms with Gasteiger partial charge in [0.2, 0.25) is 0 Å². The van der Waals surface area contributed by atoms with Crippen LogP contribution in [0.25, 0.3) is 0 Å². The van der Waals surface area contributed by atoms with Crippen molar-refractivity contribution in [2.24, 2.45) is 0 Å². The molecule has 0 aromatic carbocycles. The van der Waals surface area contributed by atoms with Crippen LogP contribution in [-0.2, 0) is 0 Å². The summed E-state index contributed by atoms with van der Waals surface area (Å²) in [6, 6.07) is 0. The Morgan fingerprint density at radius 3 is 2.00 bits per heavy atom. The van der Waals surface area contributed by atoms with Gasteiger partial charge in [0.1, 0.15) is 0 Å². The molecule has 0 nitrogen and oxygen atoms in total. The highest BCUT2D eigenvalue weighted by Crippen LogP contribution is 2.16. The first-order chi connectivity index (χ1) is 6.79. The van der Waals surface area contributed by atoms with Crippen LogP contribution in [0.1, 0.15) is 53.9 Å². The fraction of sp³-hybridized carbons (Fsp3) is 0.571. The van der Waals surface area contributed by atoms with Gasteiger partial charge in [-0.2, -0.15) is 0 Å². The Balaban J connectivity index is 0. The van der Waals surface area contributed by atoms with Crippen LogP contribution in [0.2, 0.25) is 0 Å². The average molecular weight is 194 g/mol. The molecule has 0 N–H and O–H groups in total. The van der Waals surface area contributed by atoms with Crippen molar-refractivity contribution in [2.45, 2.75) is 53.9 Å². The van der Waals surface area contributed by atoms with E-state index in [0.29, 0.717) is 0 Å². The molecule has 0 radical (unpaired) electrons. The topological polar surface area (TPSA) is 0 Å². The quantitative estimate of drug-likeness (QED) is 0.522. The van der Waals surface area contributed by atoms with Gasteiger partial charge in [-0.15, -0.1) is 0 Å². The molecule has 0 bridgehead atoms. The molecule has 0 aromatic heterocycles. The van der Waals surface area contributed by atoms with E-state index in [1.165, 1.54) is 24.0 Å². The third-order valence-corrected chi connectivity index (χ3v) is 1.93. The molecule has 0 rings (SSSR count). The lowest BCUT2D eigenvalue weighted by Crippen LogP contribution is -1.85. The maximum atomic E-state index is 3.83. The molecule has 0 aliphatic rings. The third kappa shape index (κ3) is 6.71. The molecule has 0 saturated heterocycles. The predicted molar refractivity (Wildman–Crippen MR) is 68.6 cm³/mol. The second-order valence-corrected chi connectivity index (χ2v) is 2.86. The van der Waals surface area contributed by atoms with Crippen molar-refractivity contribution >= 4 is 0 Å². The van der Waals surface area contributed by atoms with Gasteiger partial charge in [-0.3, -0.25) is 0 Å². The summed E-state index contributed by atoms with van der Waals surface area (Å²) in [5.41, 5.74) is 2.83. The van der Waals surface area contributed by atoms with E-state index < -0.39 is 0 Å². The van der Waals surface area contributed by atoms with Gasteiger partial charge in [0.15, 0.2) is 0 Å². The average Bonchev–Trinajstić information content (AvgIpc) is 2.23. The van der Waals surface area contributed by atoms with Crippen LogP contribution in [0.3, 0.4) is 0 Å². The van der Waals surface area contributed by atoms with Gasteiger partial charge in [0, 0.05) is 0 Å². The zero-order valence-corrected chi connectivity index (χ0v) is 10.6. The van der Waals surface area contributed by atoms with Crippen LogP contribution in [0.4, 0.5) is 0 Å². The smallest absolute Gasteiger partial charge is 0.0279 e. The molecule has 0 aliphatic heterocycles. The first-order valence-electron chi connectivity index (χ1n) is 5.77. The standard InChI is InChI=1S/C12H20.C2H6/c1-5-9-12(10-6-2)11(7-3)8-4;1-2/h5,7,9H,3,6,8,10H2,1-2,4H3;1-2H3/b9-5-,12-11-;. The Hall–Kier alpha value is -0.780. The van der Waals surface area contributed by atoms with E-state index in [4.69, 9.17) is 0 Å². The third-order valence-electron chi connectivity index (χ3n) is 1.93. The molecule has 0 unspecified atom stereocenters. The van der Waals surface area contributed by atoms with Gasteiger partial charge in [0.25, 0.3) is 0 Å². The van der Waals surface area contributed by atoms with Crippen molar-refractivity contribution in [3.05, 3.63) is 36.0 Å². The molecule has 0 atom stereocenters. The van der Waals surface area contributed by atoms with Crippen molar-refractivity contribution in [2.75, 3.05) is 0 Å². The van der Waals surface area contributed by atoms with E-state index in [1.807, 2.05) is 19.9 Å². The van der Waals surface area contributed by atoms with Gasteiger partial charge in [-0.25, -0.2) is 0 Å². The minimum Gasteiger partial charge on any atom is -0.0988 e. The molecule has 0 saturated carbocycles. The second kappa shape index (κ2) is 12.2. The Labute approximate surface area is 90.4 Å². The molecule has 0 heterocycles. The largest absolute Gasteiger partial charge is 0.0988 e. The van der Waals surface area contributed by atoms with E-state index in [1.54, 1.807) is 0 Å². The van der Waals surface area contributed by atoms with Gasteiger partial charge in [-0.05, 0) is 30.9 Å². The molecule has 0 aromatic rings. The summed E-state index contributed by atoms with van der Waals surface area (Å²) in [6.07, 6.45) is 9.74. The van der Waals surface area contributed by atoms with Crippen molar-refractivity contribution in [3.8, 4) is 0 Å². The van der Waals surface area contributed by atoms with Crippen LogP contribution in [0, 0.1) is 0 Å². The Morgan fingerprint density at radius 2 is 1.71 bits per heavy atom. The zero-order valence-electron chi connectivity index (χ0n) is 10.6. The van der Waals surface area contributed by atoms with Crippen LogP contribution in [-0.4, -0.2) is 0 Å². The molecule has 0 fully saturated rings. The number of allylic oxidation sites excluding steroid dienone is 5. The minimum absolute atomic E-state index is 1.09. The summed E-state index contributed by atoms with van der Waals surface area (Å²) in [4.78, 5) is 0. The summed E-state index contributed by atoms with van der Waals surface area (Å²) in [5.74, 6) is 0. The summed E-state index contributed by atoms with van der Waals surface area (Å²) in [6.45, 7) is 14.3. The molecule has 0 spiro atoms. The lowest BCUT2D eigenvalue weighted by molar-refractivity contribution is 0.906. The van der Waals surface area contributed by atoms with Crippen LogP contribution in [0.5, 0.6) is 0 Å². The highest BCUT2D eigenvalue weighted by molar-refractivity contribution is 5.31. The number of rotatable bonds is 5. The summed E-state index contributed by atoms with van der Waals surface area (Å²) in [7, 11) is 0. The zero-order chi connectivity index (χ0) is 11.4. The normalized spacial score (nSPS) is 11.8. The van der Waals surface area contributed by atoms with E-state index in [9.17, 15) is 0 Å². The highest BCUT2D eigenvalue weighted by atomic mass is 14.0. The number of hydrogen-bond donors (Lipinski definition) is 0. The van der Waals surface area contributed by atoms with E-state index in [-0.39, 0.29) is 0 Å². The fourth-order valence-electron chi connectivity index (χ4n) is 1.32. The lowest BCUT2D eigenvalue weighted by Gasteiger charge is -2.05. The second-order valence-electron chi connectivity index (χ2n) is 2.86. The van der Waals surface area contributed by atoms with Crippen LogP contribution < -0.4 is 0 Å². The summed E-state index contributed by atoms with van der Waals surface area (Å²) < 4.78 is 0. The van der Waals surface area contributed by atoms with Gasteiger partial charge < -0.3 is 0 Å². The predicted octanol–water partition coefficient (Wildman–Crippen LogP) is 5.28. The van der Waals surface area contributed by atoms with E-state index >= 15 is 0 Å². The minimum atomic E-state index is 1.09. The van der Waals surface area contributed by atoms with Crippen molar-refractivity contribution in [3.63, 3.8) is 0 Å². The van der Waals surface area contributed by atoms with Crippen molar-refractivity contribution in [1.29, 1.82) is 0 Å². The molecule has 14 heavy (non-hydrogen) atoms. The Kier molecular flexibility index (Phi) is 13.7. The van der Waals surface area contributed by atoms with Gasteiger partial charge in [-0.1, -0.05) is 58.9 Å². The summed E-state index contributed by atoms with van der Waals surface area (Å²) >= 11 is 0. The Bertz CT molecular complexity index is 182. The first-order valence-corrected chi connectivity index (χ1v) is 5.77. The summed E-state index contributed by atoms with van der Waals surface area (Å²) in [5, 5.41) is 0. The molecule has 0 aliphatic carbocycles. The van der Waals surface area contributed by atoms with Gasteiger partial charge in [0.05, 0.1) is 0 Å². The lowest BCUT2D eigenvalue weighted by atomic mass is 10.0. The SMILES string of the molecule is C=C/C(CC)=C(\C=C/C)CCC.CC. The Morgan fingerprint density at radius 1 is 1.14 bits per heavy atom. The fourth-order valence-corrected chi connectivity index (χ4v) is 1.32. The maximum absolute atomic E-state index is 3.83. The maximum Gasteiger partial charge on any atom is -0.0279 e. The van der Waals surface area contributed by atoms with Crippen LogP contribution >= 0.6 is 0 Å². The van der Waals surface area contributed by atoms with E-state index in [2.05, 4.69) is 39.5 Å². The van der Waals surface area contributed by atoms with Crippen LogP contribution in [0.15, 0.2) is 36.0 Å². The van der Waals surface area contributed by atoms with Gasteiger partial charge >= 0.3 is 0 Å². The highest BCUT2D eigenvalue weighted by Gasteiger charge is 1.96. The van der Waals surface area contributed by atoms with Crippen molar-refractivity contribution in [1.82, 2.24) is 0 Å². The molecular formula is C14H26. The monoisotopic (exact) mass is 194 g/mol. The molecule has 0 amide bonds. The number of hydrogen-bond acceptors (Lipinski definition) is 0. The molecule has 82 valence electrons. The molecular weight excluding hydrogens is 168 g/mol. The molecule has 0 heteroatoms. The van der Waals surface area contributed by atoms with E-state index in [0.717, 1.165) is 6.42 Å². The van der Waals surface area contributed by atoms with Crippen molar-refractivity contribution < 1.29 is 0 Å². The first kappa shape index (κ1) is 15.7.